The number of hydrogen-bond acceptors (Lipinski definition) is 4. The fourth-order valence-corrected chi connectivity index (χ4v) is 3.10. The minimum atomic E-state index is -3.60. The molecule has 0 aliphatic rings. The molecule has 0 fully saturated rings. The molecule has 0 aliphatic heterocycles. The molecular formula is C13H14BrN3O2S. The van der Waals surface area contributed by atoms with Gasteiger partial charge in [-0.3, -0.25) is 0 Å². The summed E-state index contributed by atoms with van der Waals surface area (Å²) in [5.74, 6) is 0.329. The van der Waals surface area contributed by atoms with Gasteiger partial charge in [0, 0.05) is 24.3 Å². The number of hydrogen-bond donors (Lipinski definition) is 2. The van der Waals surface area contributed by atoms with Crippen molar-refractivity contribution in [3.63, 3.8) is 0 Å². The molecule has 20 heavy (non-hydrogen) atoms. The van der Waals surface area contributed by atoms with Crippen molar-refractivity contribution in [2.24, 2.45) is 0 Å². The fourth-order valence-electron chi connectivity index (χ4n) is 1.65. The molecule has 1 aromatic carbocycles. The van der Waals surface area contributed by atoms with Gasteiger partial charge in [-0.2, -0.15) is 0 Å². The van der Waals surface area contributed by atoms with Crippen LogP contribution in [0.15, 0.2) is 52.0 Å². The molecule has 0 unspecified atom stereocenters. The van der Waals surface area contributed by atoms with Crippen LogP contribution >= 0.6 is 15.9 Å². The number of anilines is 1. The fraction of sp³-hybridized carbons (Fsp3) is 0.154. The first kappa shape index (κ1) is 15.0. The number of halogens is 1. The Bertz CT molecular complexity index is 687. The van der Waals surface area contributed by atoms with Crippen LogP contribution in [0.1, 0.15) is 5.56 Å². The highest BCUT2D eigenvalue weighted by molar-refractivity contribution is 9.10. The Hall–Kier alpha value is -1.44. The molecule has 0 spiro atoms. The van der Waals surface area contributed by atoms with Gasteiger partial charge in [0.1, 0.15) is 10.7 Å². The van der Waals surface area contributed by atoms with E-state index < -0.39 is 10.0 Å². The van der Waals surface area contributed by atoms with Gasteiger partial charge < -0.3 is 5.32 Å². The molecule has 5 nitrogen and oxygen atoms in total. The maximum absolute atomic E-state index is 12.3. The number of nitrogens with one attached hydrogen (secondary N) is 2. The van der Waals surface area contributed by atoms with Gasteiger partial charge in [-0.05, 0) is 29.8 Å². The zero-order valence-corrected chi connectivity index (χ0v) is 13.2. The van der Waals surface area contributed by atoms with Crippen LogP contribution < -0.4 is 10.0 Å². The molecule has 2 aromatic rings. The minimum absolute atomic E-state index is 0.139. The van der Waals surface area contributed by atoms with Crippen molar-refractivity contribution in [3.05, 3.63) is 52.6 Å². The Labute approximate surface area is 126 Å². The summed E-state index contributed by atoms with van der Waals surface area (Å²) in [6.45, 7) is 0.230. The summed E-state index contributed by atoms with van der Waals surface area (Å²) in [5, 5.41) is 2.77. The lowest BCUT2D eigenvalue weighted by molar-refractivity contribution is 0.581. The zero-order valence-electron chi connectivity index (χ0n) is 10.8. The molecule has 2 rings (SSSR count). The van der Waals surface area contributed by atoms with Crippen LogP contribution in [0, 0.1) is 0 Å². The molecule has 106 valence electrons. The van der Waals surface area contributed by atoms with Gasteiger partial charge in [-0.25, -0.2) is 18.1 Å². The third-order valence-electron chi connectivity index (χ3n) is 2.68. The van der Waals surface area contributed by atoms with Gasteiger partial charge in [-0.15, -0.1) is 0 Å². The summed E-state index contributed by atoms with van der Waals surface area (Å²) in [6.07, 6.45) is 1.54. The van der Waals surface area contributed by atoms with Gasteiger partial charge in [-0.1, -0.05) is 28.1 Å². The lowest BCUT2D eigenvalue weighted by Gasteiger charge is -2.10. The molecule has 0 atom stereocenters. The van der Waals surface area contributed by atoms with E-state index in [4.69, 9.17) is 0 Å². The molecule has 1 aromatic heterocycles. The van der Waals surface area contributed by atoms with Crippen molar-refractivity contribution in [2.75, 3.05) is 12.4 Å². The largest absolute Gasteiger partial charge is 0.372 e. The van der Waals surface area contributed by atoms with E-state index in [2.05, 4.69) is 31.0 Å². The first-order chi connectivity index (χ1) is 9.53. The number of nitrogens with zero attached hydrogens (tertiary/aromatic N) is 1. The molecule has 2 N–H and O–H groups in total. The zero-order chi connectivity index (χ0) is 14.6. The predicted molar refractivity (Wildman–Crippen MR) is 82.0 cm³/mol. The van der Waals surface area contributed by atoms with Crippen molar-refractivity contribution in [1.82, 2.24) is 9.71 Å². The molecule has 0 aliphatic carbocycles. The van der Waals surface area contributed by atoms with Crippen molar-refractivity contribution >= 4 is 31.8 Å². The lowest BCUT2D eigenvalue weighted by Crippen LogP contribution is -2.24. The Morgan fingerprint density at radius 2 is 1.90 bits per heavy atom. The molecule has 0 bridgehead atoms. The second-order valence-electron chi connectivity index (χ2n) is 4.05. The van der Waals surface area contributed by atoms with Crippen molar-refractivity contribution in [3.8, 4) is 0 Å². The van der Waals surface area contributed by atoms with E-state index >= 15 is 0 Å². The van der Waals surface area contributed by atoms with E-state index in [1.54, 1.807) is 19.3 Å². The van der Waals surface area contributed by atoms with Gasteiger partial charge in [0.25, 0.3) is 0 Å². The second kappa shape index (κ2) is 6.34. The number of aromatic nitrogens is 1. The quantitative estimate of drug-likeness (QED) is 0.863. The van der Waals surface area contributed by atoms with E-state index in [1.165, 1.54) is 6.07 Å². The lowest BCUT2D eigenvalue weighted by atomic mass is 10.2. The molecule has 0 saturated carbocycles. The summed E-state index contributed by atoms with van der Waals surface area (Å²) in [4.78, 5) is 4.13. The maximum Gasteiger partial charge on any atom is 0.244 e. The first-order valence-corrected chi connectivity index (χ1v) is 8.17. The minimum Gasteiger partial charge on any atom is -0.372 e. The number of benzene rings is 1. The SMILES string of the molecule is CNc1ncccc1S(=O)(=O)NCc1ccc(Br)cc1. The Kier molecular flexibility index (Phi) is 4.74. The average Bonchev–Trinajstić information content (AvgIpc) is 2.46. The standard InChI is InChI=1S/C13H14BrN3O2S/c1-15-13-12(3-2-8-16-13)20(18,19)17-9-10-4-6-11(14)7-5-10/h2-8,17H,9H2,1H3,(H,15,16). The molecule has 0 radical (unpaired) electrons. The molecule has 1 heterocycles. The number of sulfonamides is 1. The Morgan fingerprint density at radius 3 is 2.55 bits per heavy atom. The first-order valence-electron chi connectivity index (χ1n) is 5.90. The van der Waals surface area contributed by atoms with Gasteiger partial charge in [0.05, 0.1) is 0 Å². The summed E-state index contributed by atoms with van der Waals surface area (Å²) in [7, 11) is -1.96. The van der Waals surface area contributed by atoms with Crippen LogP contribution in [0.4, 0.5) is 5.82 Å². The third kappa shape index (κ3) is 3.56. The second-order valence-corrected chi connectivity index (χ2v) is 6.70. The highest BCUT2D eigenvalue weighted by atomic mass is 79.9. The topological polar surface area (TPSA) is 71.1 Å². The van der Waals surface area contributed by atoms with Crippen LogP contribution in [0.5, 0.6) is 0 Å². The van der Waals surface area contributed by atoms with Gasteiger partial charge in [0.15, 0.2) is 0 Å². The number of pyridine rings is 1. The van der Waals surface area contributed by atoms with E-state index in [0.29, 0.717) is 5.82 Å². The normalized spacial score (nSPS) is 11.3. The predicted octanol–water partition coefficient (Wildman–Crippen LogP) is 2.36. The maximum atomic E-state index is 12.3. The molecular weight excluding hydrogens is 342 g/mol. The Morgan fingerprint density at radius 1 is 1.20 bits per heavy atom. The van der Waals surface area contributed by atoms with E-state index in [0.717, 1.165) is 10.0 Å². The van der Waals surface area contributed by atoms with Crippen LogP contribution in [-0.4, -0.2) is 20.4 Å². The van der Waals surface area contributed by atoms with E-state index in [1.807, 2.05) is 24.3 Å². The molecule has 7 heteroatoms. The van der Waals surface area contributed by atoms with Crippen LogP contribution in [0.3, 0.4) is 0 Å². The van der Waals surface area contributed by atoms with E-state index in [-0.39, 0.29) is 11.4 Å². The summed E-state index contributed by atoms with van der Waals surface area (Å²) < 4.78 is 28.0. The van der Waals surface area contributed by atoms with Crippen molar-refractivity contribution < 1.29 is 8.42 Å². The van der Waals surface area contributed by atoms with Crippen LogP contribution in [-0.2, 0) is 16.6 Å². The Balaban J connectivity index is 2.17. The van der Waals surface area contributed by atoms with Crippen LogP contribution in [0.25, 0.3) is 0 Å². The summed E-state index contributed by atoms with van der Waals surface area (Å²) >= 11 is 3.34. The van der Waals surface area contributed by atoms with Crippen molar-refractivity contribution in [2.45, 2.75) is 11.4 Å². The summed E-state index contributed by atoms with van der Waals surface area (Å²) in [6, 6.07) is 10.6. The average molecular weight is 356 g/mol. The van der Waals surface area contributed by atoms with Crippen molar-refractivity contribution in [1.29, 1.82) is 0 Å². The van der Waals surface area contributed by atoms with E-state index in [9.17, 15) is 8.42 Å². The summed E-state index contributed by atoms with van der Waals surface area (Å²) in [5.41, 5.74) is 0.881. The smallest absolute Gasteiger partial charge is 0.244 e. The molecule has 0 amide bonds. The highest BCUT2D eigenvalue weighted by Gasteiger charge is 2.18. The highest BCUT2D eigenvalue weighted by Crippen LogP contribution is 2.17. The third-order valence-corrected chi connectivity index (χ3v) is 4.64. The molecule has 0 saturated heterocycles. The van der Waals surface area contributed by atoms with Gasteiger partial charge >= 0.3 is 0 Å². The van der Waals surface area contributed by atoms with Gasteiger partial charge in [0.2, 0.25) is 10.0 Å². The number of rotatable bonds is 5. The monoisotopic (exact) mass is 355 g/mol. The van der Waals surface area contributed by atoms with Crippen LogP contribution in [0.2, 0.25) is 0 Å².